The molecule has 114 valence electrons. The van der Waals surface area contributed by atoms with Crippen LogP contribution in [-0.2, 0) is 18.2 Å². The Morgan fingerprint density at radius 1 is 1.45 bits per heavy atom. The fraction of sp³-hybridized carbons (Fsp3) is 0.800. The van der Waals surface area contributed by atoms with Gasteiger partial charge in [-0.3, -0.25) is 9.58 Å². The molecule has 1 aliphatic heterocycles. The van der Waals surface area contributed by atoms with E-state index in [0.717, 1.165) is 39.1 Å². The zero-order valence-electron chi connectivity index (χ0n) is 13.2. The van der Waals surface area contributed by atoms with Crippen molar-refractivity contribution in [2.75, 3.05) is 33.4 Å². The van der Waals surface area contributed by atoms with Gasteiger partial charge in [0.25, 0.3) is 0 Å². The van der Waals surface area contributed by atoms with E-state index >= 15 is 0 Å². The first-order valence-electron chi connectivity index (χ1n) is 7.57. The van der Waals surface area contributed by atoms with Crippen molar-refractivity contribution in [3.05, 3.63) is 18.0 Å². The van der Waals surface area contributed by atoms with Gasteiger partial charge in [0, 0.05) is 37.9 Å². The Hall–Kier alpha value is -0.910. The monoisotopic (exact) mass is 280 g/mol. The molecule has 1 aromatic heterocycles. The van der Waals surface area contributed by atoms with E-state index in [1.807, 2.05) is 17.9 Å². The van der Waals surface area contributed by atoms with Crippen LogP contribution in [0.5, 0.6) is 0 Å². The molecule has 5 heteroatoms. The zero-order valence-corrected chi connectivity index (χ0v) is 13.2. The molecule has 1 N–H and O–H groups in total. The summed E-state index contributed by atoms with van der Waals surface area (Å²) in [5.74, 6) is 0. The number of rotatable bonds is 6. The molecule has 0 bridgehead atoms. The van der Waals surface area contributed by atoms with Gasteiger partial charge in [0.1, 0.15) is 0 Å². The SMILES string of the molecule is CCC(C)(C(Cc1cnn(C)c1)NC)N1CCOCC1. The van der Waals surface area contributed by atoms with Crippen LogP contribution in [0.1, 0.15) is 25.8 Å². The van der Waals surface area contributed by atoms with Crippen LogP contribution in [0, 0.1) is 0 Å². The lowest BCUT2D eigenvalue weighted by atomic mass is 9.83. The minimum atomic E-state index is 0.147. The van der Waals surface area contributed by atoms with E-state index in [0.29, 0.717) is 6.04 Å². The van der Waals surface area contributed by atoms with Gasteiger partial charge in [-0.15, -0.1) is 0 Å². The molecule has 0 aliphatic carbocycles. The summed E-state index contributed by atoms with van der Waals surface area (Å²) >= 11 is 0. The van der Waals surface area contributed by atoms with Crippen LogP contribution in [-0.4, -0.2) is 59.6 Å². The fourth-order valence-electron chi connectivity index (χ4n) is 3.21. The highest BCUT2D eigenvalue weighted by atomic mass is 16.5. The minimum absolute atomic E-state index is 0.147. The molecule has 0 amide bonds. The number of hydrogen-bond donors (Lipinski definition) is 1. The van der Waals surface area contributed by atoms with E-state index in [1.165, 1.54) is 5.56 Å². The summed E-state index contributed by atoms with van der Waals surface area (Å²) in [6.45, 7) is 8.39. The van der Waals surface area contributed by atoms with Gasteiger partial charge >= 0.3 is 0 Å². The molecule has 1 saturated heterocycles. The second kappa shape index (κ2) is 6.70. The molecule has 2 heterocycles. The first-order valence-corrected chi connectivity index (χ1v) is 7.57. The predicted molar refractivity (Wildman–Crippen MR) is 80.8 cm³/mol. The van der Waals surface area contributed by atoms with Crippen LogP contribution in [0.2, 0.25) is 0 Å². The number of aryl methyl sites for hydroxylation is 1. The number of nitrogens with zero attached hydrogens (tertiary/aromatic N) is 3. The molecule has 20 heavy (non-hydrogen) atoms. The number of hydrogen-bond acceptors (Lipinski definition) is 4. The third-order valence-corrected chi connectivity index (χ3v) is 4.75. The summed E-state index contributed by atoms with van der Waals surface area (Å²) in [6, 6.07) is 0.412. The van der Waals surface area contributed by atoms with Gasteiger partial charge in [-0.1, -0.05) is 6.92 Å². The fourth-order valence-corrected chi connectivity index (χ4v) is 3.21. The molecule has 2 rings (SSSR count). The van der Waals surface area contributed by atoms with Gasteiger partial charge in [-0.05, 0) is 32.4 Å². The van der Waals surface area contributed by atoms with Crippen LogP contribution in [0.15, 0.2) is 12.4 Å². The smallest absolute Gasteiger partial charge is 0.0594 e. The molecule has 1 aromatic rings. The lowest BCUT2D eigenvalue weighted by Crippen LogP contribution is -2.61. The van der Waals surface area contributed by atoms with E-state index in [-0.39, 0.29) is 5.54 Å². The largest absolute Gasteiger partial charge is 0.379 e. The normalized spacial score (nSPS) is 21.6. The maximum Gasteiger partial charge on any atom is 0.0594 e. The highest BCUT2D eigenvalue weighted by Gasteiger charge is 2.38. The number of likely N-dealkylation sites (N-methyl/N-ethyl adjacent to an activating group) is 1. The molecule has 0 aromatic carbocycles. The topological polar surface area (TPSA) is 42.3 Å². The number of aromatic nitrogens is 2. The molecular weight excluding hydrogens is 252 g/mol. The Balaban J connectivity index is 2.12. The van der Waals surface area contributed by atoms with Crippen molar-refractivity contribution < 1.29 is 4.74 Å². The maximum absolute atomic E-state index is 5.50. The molecule has 0 radical (unpaired) electrons. The van der Waals surface area contributed by atoms with E-state index < -0.39 is 0 Å². The second-order valence-corrected chi connectivity index (χ2v) is 5.88. The third-order valence-electron chi connectivity index (χ3n) is 4.75. The summed E-state index contributed by atoms with van der Waals surface area (Å²) in [5, 5.41) is 7.81. The van der Waals surface area contributed by atoms with Gasteiger partial charge in [0.05, 0.1) is 19.4 Å². The Bertz CT molecular complexity index is 414. The second-order valence-electron chi connectivity index (χ2n) is 5.88. The van der Waals surface area contributed by atoms with Gasteiger partial charge < -0.3 is 10.1 Å². The lowest BCUT2D eigenvalue weighted by molar-refractivity contribution is -0.0313. The molecule has 1 aliphatic rings. The number of ether oxygens (including phenoxy) is 1. The highest BCUT2D eigenvalue weighted by Crippen LogP contribution is 2.27. The number of nitrogens with one attached hydrogen (secondary N) is 1. The summed E-state index contributed by atoms with van der Waals surface area (Å²) in [7, 11) is 4.04. The van der Waals surface area contributed by atoms with Crippen molar-refractivity contribution in [3.63, 3.8) is 0 Å². The minimum Gasteiger partial charge on any atom is -0.379 e. The van der Waals surface area contributed by atoms with Crippen LogP contribution < -0.4 is 5.32 Å². The third kappa shape index (κ3) is 3.22. The average Bonchev–Trinajstić information content (AvgIpc) is 2.90. The molecular formula is C15H28N4O. The van der Waals surface area contributed by atoms with E-state index in [2.05, 4.69) is 42.4 Å². The van der Waals surface area contributed by atoms with Crippen molar-refractivity contribution in [3.8, 4) is 0 Å². The van der Waals surface area contributed by atoms with Crippen molar-refractivity contribution in [1.82, 2.24) is 20.0 Å². The average molecular weight is 280 g/mol. The first-order chi connectivity index (χ1) is 9.60. The Labute approximate surface area is 122 Å². The van der Waals surface area contributed by atoms with Gasteiger partial charge in [0.2, 0.25) is 0 Å². The van der Waals surface area contributed by atoms with Crippen molar-refractivity contribution >= 4 is 0 Å². The summed E-state index contributed by atoms with van der Waals surface area (Å²) in [4.78, 5) is 2.58. The maximum atomic E-state index is 5.50. The molecule has 1 fully saturated rings. The van der Waals surface area contributed by atoms with Crippen LogP contribution in [0.3, 0.4) is 0 Å². The van der Waals surface area contributed by atoms with Gasteiger partial charge in [-0.25, -0.2) is 0 Å². The van der Waals surface area contributed by atoms with Crippen LogP contribution >= 0.6 is 0 Å². The molecule has 0 saturated carbocycles. The molecule has 0 spiro atoms. The van der Waals surface area contributed by atoms with E-state index in [4.69, 9.17) is 4.74 Å². The molecule has 2 unspecified atom stereocenters. The zero-order chi connectivity index (χ0) is 14.6. The first kappa shape index (κ1) is 15.5. The van der Waals surface area contributed by atoms with Gasteiger partial charge in [0.15, 0.2) is 0 Å². The predicted octanol–water partition coefficient (Wildman–Crippen LogP) is 1.05. The molecule has 2 atom stereocenters. The van der Waals surface area contributed by atoms with Crippen LogP contribution in [0.4, 0.5) is 0 Å². The lowest BCUT2D eigenvalue weighted by Gasteiger charge is -2.47. The Morgan fingerprint density at radius 2 is 2.15 bits per heavy atom. The summed E-state index contributed by atoms with van der Waals surface area (Å²) < 4.78 is 7.37. The summed E-state index contributed by atoms with van der Waals surface area (Å²) in [6.07, 6.45) is 6.21. The van der Waals surface area contributed by atoms with Crippen molar-refractivity contribution in [2.24, 2.45) is 7.05 Å². The number of morpholine rings is 1. The Morgan fingerprint density at radius 3 is 2.65 bits per heavy atom. The highest BCUT2D eigenvalue weighted by molar-refractivity contribution is 5.10. The van der Waals surface area contributed by atoms with Gasteiger partial charge in [-0.2, -0.15) is 5.10 Å². The Kier molecular flexibility index (Phi) is 5.18. The molecule has 5 nitrogen and oxygen atoms in total. The standard InChI is InChI=1S/C15H28N4O/c1-5-15(2,19-6-8-20-9-7-19)14(16-3)10-13-11-17-18(4)12-13/h11-12,14,16H,5-10H2,1-4H3. The van der Waals surface area contributed by atoms with Crippen LogP contribution in [0.25, 0.3) is 0 Å². The van der Waals surface area contributed by atoms with Crippen molar-refractivity contribution in [1.29, 1.82) is 0 Å². The van der Waals surface area contributed by atoms with E-state index in [9.17, 15) is 0 Å². The van der Waals surface area contributed by atoms with Crippen molar-refractivity contribution in [2.45, 2.75) is 38.3 Å². The van der Waals surface area contributed by atoms with E-state index in [1.54, 1.807) is 0 Å². The quantitative estimate of drug-likeness (QED) is 0.846. The summed E-state index contributed by atoms with van der Waals surface area (Å²) in [5.41, 5.74) is 1.44.